The average Bonchev–Trinajstić information content (AvgIpc) is 2.90. The number of carbonyl (C=O) groups is 1. The van der Waals surface area contributed by atoms with E-state index in [0.717, 1.165) is 16.7 Å². The molecule has 3 rings (SSSR count). The van der Waals surface area contributed by atoms with Crippen LogP contribution in [0.1, 0.15) is 18.1 Å². The van der Waals surface area contributed by atoms with Gasteiger partial charge in [-0.15, -0.1) is 0 Å². The van der Waals surface area contributed by atoms with Crippen LogP contribution in [0.25, 0.3) is 11.0 Å². The van der Waals surface area contributed by atoms with E-state index in [1.54, 1.807) is 18.3 Å². The molecule has 6 nitrogen and oxygen atoms in total. The topological polar surface area (TPSA) is 79.8 Å². The summed E-state index contributed by atoms with van der Waals surface area (Å²) >= 11 is 0. The fraction of sp³-hybridized carbons (Fsp3) is 0.188. The van der Waals surface area contributed by atoms with Gasteiger partial charge in [-0.3, -0.25) is 9.89 Å². The maximum absolute atomic E-state index is 12.2. The number of H-pyrrole nitrogens is 1. The Morgan fingerprint density at radius 3 is 2.73 bits per heavy atom. The van der Waals surface area contributed by atoms with Crippen molar-refractivity contribution >= 4 is 17.1 Å². The second-order valence-electron chi connectivity index (χ2n) is 4.93. The van der Waals surface area contributed by atoms with Crippen LogP contribution in [0.2, 0.25) is 0 Å². The van der Waals surface area contributed by atoms with Gasteiger partial charge in [-0.2, -0.15) is 4.68 Å². The second kappa shape index (κ2) is 5.85. The number of fused-ring (bicyclic) bond motifs is 1. The van der Waals surface area contributed by atoms with Gasteiger partial charge in [-0.1, -0.05) is 31.2 Å². The van der Waals surface area contributed by atoms with E-state index in [-0.39, 0.29) is 0 Å². The molecule has 3 aromatic rings. The van der Waals surface area contributed by atoms with Crippen molar-refractivity contribution in [3.05, 3.63) is 64.1 Å². The monoisotopic (exact) mass is 296 g/mol. The Balaban J connectivity index is 1.82. The number of nitrogens with zero attached hydrogens (tertiary/aromatic N) is 2. The van der Waals surface area contributed by atoms with Gasteiger partial charge >= 0.3 is 6.03 Å². The van der Waals surface area contributed by atoms with Crippen LogP contribution in [0.4, 0.5) is 4.79 Å². The number of aromatic amines is 1. The summed E-state index contributed by atoms with van der Waals surface area (Å²) in [5.74, 6) is 0. The lowest BCUT2D eigenvalue weighted by Gasteiger charge is -2.09. The fourth-order valence-corrected chi connectivity index (χ4v) is 2.41. The van der Waals surface area contributed by atoms with Crippen LogP contribution >= 0.6 is 0 Å². The lowest BCUT2D eigenvalue weighted by atomic mass is 10.1. The van der Waals surface area contributed by atoms with E-state index in [1.165, 1.54) is 5.56 Å². The first-order valence-electron chi connectivity index (χ1n) is 7.11. The van der Waals surface area contributed by atoms with Gasteiger partial charge in [0.15, 0.2) is 5.65 Å². The van der Waals surface area contributed by atoms with E-state index in [1.807, 2.05) is 24.3 Å². The lowest BCUT2D eigenvalue weighted by Crippen LogP contribution is -2.35. The third-order valence-corrected chi connectivity index (χ3v) is 3.59. The Morgan fingerprint density at radius 1 is 1.23 bits per heavy atom. The quantitative estimate of drug-likeness (QED) is 0.776. The highest BCUT2D eigenvalue weighted by molar-refractivity contribution is 5.82. The lowest BCUT2D eigenvalue weighted by molar-refractivity contribution is 0.238. The Kier molecular flexibility index (Phi) is 3.74. The summed E-state index contributed by atoms with van der Waals surface area (Å²) in [4.78, 5) is 28.4. The second-order valence-corrected chi connectivity index (χ2v) is 4.93. The molecule has 0 fully saturated rings. The summed E-state index contributed by atoms with van der Waals surface area (Å²) in [7, 11) is 0. The molecule has 0 saturated carbocycles. The Morgan fingerprint density at radius 2 is 2.00 bits per heavy atom. The van der Waals surface area contributed by atoms with E-state index in [9.17, 15) is 9.59 Å². The van der Waals surface area contributed by atoms with Crippen LogP contribution in [0.5, 0.6) is 0 Å². The number of nitrogens with one attached hydrogen (secondary N) is 2. The molecule has 2 heterocycles. The third-order valence-electron chi connectivity index (χ3n) is 3.59. The van der Waals surface area contributed by atoms with Gasteiger partial charge in [0.1, 0.15) is 0 Å². The number of carbonyl (C=O) groups excluding carboxylic acids is 1. The number of amides is 1. The summed E-state index contributed by atoms with van der Waals surface area (Å²) in [6, 6.07) is 10.7. The molecule has 1 amide bonds. The van der Waals surface area contributed by atoms with Gasteiger partial charge in [0.2, 0.25) is 0 Å². The van der Waals surface area contributed by atoms with Crippen molar-refractivity contribution in [3.8, 4) is 0 Å². The summed E-state index contributed by atoms with van der Waals surface area (Å²) in [6.07, 6.45) is 2.46. The van der Waals surface area contributed by atoms with Crippen molar-refractivity contribution in [2.45, 2.75) is 19.9 Å². The fourth-order valence-electron chi connectivity index (χ4n) is 2.41. The van der Waals surface area contributed by atoms with Crippen LogP contribution in [0.3, 0.4) is 0 Å². The number of hydrogen-bond acceptors (Lipinski definition) is 3. The normalized spacial score (nSPS) is 10.8. The number of benzene rings is 1. The van der Waals surface area contributed by atoms with Crippen LogP contribution < -0.4 is 10.9 Å². The maximum Gasteiger partial charge on any atom is 0.343 e. The van der Waals surface area contributed by atoms with Crippen molar-refractivity contribution in [1.29, 1.82) is 0 Å². The first kappa shape index (κ1) is 14.1. The molecule has 0 aliphatic rings. The minimum Gasteiger partial charge on any atom is -0.332 e. The molecular weight excluding hydrogens is 280 g/mol. The van der Waals surface area contributed by atoms with Crippen molar-refractivity contribution in [2.75, 3.05) is 0 Å². The minimum absolute atomic E-state index is 0.373. The smallest absolute Gasteiger partial charge is 0.332 e. The highest BCUT2D eigenvalue weighted by atomic mass is 16.2. The highest BCUT2D eigenvalue weighted by Crippen LogP contribution is 2.09. The van der Waals surface area contributed by atoms with Crippen molar-refractivity contribution in [1.82, 2.24) is 20.1 Å². The molecule has 0 spiro atoms. The molecule has 0 bridgehead atoms. The molecule has 0 radical (unpaired) electrons. The predicted molar refractivity (Wildman–Crippen MR) is 83.8 cm³/mol. The zero-order valence-corrected chi connectivity index (χ0v) is 12.2. The molecule has 0 aliphatic heterocycles. The van der Waals surface area contributed by atoms with E-state index >= 15 is 0 Å². The molecule has 6 heteroatoms. The Labute approximate surface area is 126 Å². The minimum atomic E-state index is -0.492. The van der Waals surface area contributed by atoms with E-state index < -0.39 is 11.6 Å². The van der Waals surface area contributed by atoms with Crippen LogP contribution in [0.15, 0.2) is 47.4 Å². The third kappa shape index (κ3) is 2.50. The van der Waals surface area contributed by atoms with Gasteiger partial charge in [0.05, 0.1) is 5.39 Å². The average molecular weight is 296 g/mol. The zero-order valence-electron chi connectivity index (χ0n) is 12.2. The SMILES string of the molecule is CCc1ccccc1CNC(=O)n1[nH]c2ncccc2c1=O. The predicted octanol–water partition coefficient (Wildman–Crippen LogP) is 2.04. The van der Waals surface area contributed by atoms with Gasteiger partial charge in [-0.05, 0) is 29.7 Å². The van der Waals surface area contributed by atoms with E-state index in [2.05, 4.69) is 22.3 Å². The molecule has 22 heavy (non-hydrogen) atoms. The Bertz CT molecular complexity index is 879. The van der Waals surface area contributed by atoms with Gasteiger partial charge < -0.3 is 5.32 Å². The van der Waals surface area contributed by atoms with Crippen LogP contribution in [-0.4, -0.2) is 20.8 Å². The summed E-state index contributed by atoms with van der Waals surface area (Å²) in [5, 5.41) is 5.86. The highest BCUT2D eigenvalue weighted by Gasteiger charge is 2.13. The van der Waals surface area contributed by atoms with E-state index in [4.69, 9.17) is 0 Å². The number of aromatic nitrogens is 3. The number of aryl methyl sites for hydroxylation is 1. The van der Waals surface area contributed by atoms with Gasteiger partial charge in [0, 0.05) is 12.7 Å². The molecule has 0 unspecified atom stereocenters. The number of rotatable bonds is 3. The molecule has 1 aromatic carbocycles. The van der Waals surface area contributed by atoms with Crippen molar-refractivity contribution < 1.29 is 4.79 Å². The first-order valence-corrected chi connectivity index (χ1v) is 7.11. The van der Waals surface area contributed by atoms with Crippen molar-refractivity contribution in [2.24, 2.45) is 0 Å². The number of pyridine rings is 1. The van der Waals surface area contributed by atoms with E-state index in [0.29, 0.717) is 17.6 Å². The summed E-state index contributed by atoms with van der Waals surface area (Å²) in [5.41, 5.74) is 2.22. The Hall–Kier alpha value is -2.89. The largest absolute Gasteiger partial charge is 0.343 e. The maximum atomic E-state index is 12.2. The molecule has 0 saturated heterocycles. The van der Waals surface area contributed by atoms with Crippen LogP contribution in [-0.2, 0) is 13.0 Å². The van der Waals surface area contributed by atoms with Gasteiger partial charge in [0.25, 0.3) is 5.56 Å². The zero-order chi connectivity index (χ0) is 15.5. The van der Waals surface area contributed by atoms with Crippen molar-refractivity contribution in [3.63, 3.8) is 0 Å². The first-order chi connectivity index (χ1) is 10.7. The summed E-state index contributed by atoms with van der Waals surface area (Å²) in [6.45, 7) is 2.44. The number of hydrogen-bond donors (Lipinski definition) is 2. The summed E-state index contributed by atoms with van der Waals surface area (Å²) < 4.78 is 0.951. The molecule has 2 aromatic heterocycles. The standard InChI is InChI=1S/C16H16N4O2/c1-2-11-6-3-4-7-12(11)10-18-16(22)20-15(21)13-8-5-9-17-14(13)19-20/h3-9H,2,10H2,1H3,(H,17,19)(H,18,22). The van der Waals surface area contributed by atoms with Crippen LogP contribution in [0, 0.1) is 0 Å². The molecule has 0 atom stereocenters. The molecular formula is C16H16N4O2. The molecule has 2 N–H and O–H groups in total. The molecule has 112 valence electrons. The molecule has 0 aliphatic carbocycles. The van der Waals surface area contributed by atoms with Gasteiger partial charge in [-0.25, -0.2) is 9.78 Å².